The van der Waals surface area contributed by atoms with E-state index in [0.717, 1.165) is 5.69 Å². The van der Waals surface area contributed by atoms with Crippen LogP contribution >= 0.6 is 11.8 Å². The molecule has 1 aliphatic rings. The lowest BCUT2D eigenvalue weighted by Gasteiger charge is -2.14. The number of hydrogen-bond acceptors (Lipinski definition) is 5. The van der Waals surface area contributed by atoms with Gasteiger partial charge in [0.15, 0.2) is 15.7 Å². The van der Waals surface area contributed by atoms with Crippen molar-refractivity contribution in [3.8, 4) is 0 Å². The molecule has 2 rings (SSSR count). The van der Waals surface area contributed by atoms with E-state index >= 15 is 0 Å². The molecule has 0 saturated carbocycles. The molecule has 2 heterocycles. The largest absolute Gasteiger partial charge is 0.308 e. The minimum absolute atomic E-state index is 0.0325. The molecule has 1 unspecified atom stereocenters. The molecule has 1 amide bonds. The van der Waals surface area contributed by atoms with Gasteiger partial charge < -0.3 is 5.32 Å². The Morgan fingerprint density at radius 1 is 1.52 bits per heavy atom. The summed E-state index contributed by atoms with van der Waals surface area (Å²) < 4.78 is 22.7. The Kier molecular flexibility index (Phi) is 4.67. The lowest BCUT2D eigenvalue weighted by molar-refractivity contribution is -0.113. The maximum atomic E-state index is 11.9. The first-order valence-corrected chi connectivity index (χ1v) is 9.70. The minimum atomic E-state index is -2.89. The van der Waals surface area contributed by atoms with E-state index < -0.39 is 9.84 Å². The molecular weight excluding hydrogens is 310 g/mol. The first kappa shape index (κ1) is 16.4. The predicted octanol–water partition coefficient (Wildman–Crippen LogP) is 1.57. The molecule has 0 radical (unpaired) electrons. The number of carbonyl (C=O) groups is 1. The van der Waals surface area contributed by atoms with Crippen LogP contribution < -0.4 is 5.32 Å². The number of aromatic nitrogens is 2. The van der Waals surface area contributed by atoms with Crippen molar-refractivity contribution in [3.63, 3.8) is 0 Å². The van der Waals surface area contributed by atoms with Crippen molar-refractivity contribution in [1.82, 2.24) is 10.2 Å². The van der Waals surface area contributed by atoms with E-state index in [1.54, 1.807) is 0 Å². The number of aromatic amines is 1. The van der Waals surface area contributed by atoms with E-state index in [0.29, 0.717) is 12.2 Å². The number of carbonyl (C=O) groups excluding carboxylic acids is 1. The summed E-state index contributed by atoms with van der Waals surface area (Å²) in [6.07, 6.45) is 0.636. The Labute approximate surface area is 129 Å². The molecule has 1 aliphatic heterocycles. The van der Waals surface area contributed by atoms with E-state index in [1.165, 1.54) is 11.8 Å². The number of rotatable bonds is 4. The normalized spacial score (nSPS) is 21.4. The van der Waals surface area contributed by atoms with E-state index in [2.05, 4.69) is 36.3 Å². The van der Waals surface area contributed by atoms with Gasteiger partial charge in [-0.3, -0.25) is 9.89 Å². The van der Waals surface area contributed by atoms with Crippen LogP contribution in [-0.2, 0) is 20.0 Å². The van der Waals surface area contributed by atoms with Gasteiger partial charge in [-0.05, 0) is 6.42 Å². The molecule has 21 heavy (non-hydrogen) atoms. The van der Waals surface area contributed by atoms with E-state index in [4.69, 9.17) is 0 Å². The van der Waals surface area contributed by atoms with Gasteiger partial charge in [0.1, 0.15) is 0 Å². The van der Waals surface area contributed by atoms with Crippen LogP contribution in [0.5, 0.6) is 0 Å². The Bertz CT molecular complexity index is 617. The number of anilines is 1. The zero-order chi connectivity index (χ0) is 15.7. The summed E-state index contributed by atoms with van der Waals surface area (Å²) in [6, 6.07) is 1.82. The Morgan fingerprint density at radius 3 is 2.76 bits per heavy atom. The van der Waals surface area contributed by atoms with E-state index in [9.17, 15) is 13.2 Å². The van der Waals surface area contributed by atoms with Crippen LogP contribution in [0.15, 0.2) is 6.07 Å². The summed E-state index contributed by atoms with van der Waals surface area (Å²) in [4.78, 5) is 11.9. The van der Waals surface area contributed by atoms with Gasteiger partial charge in [-0.15, -0.1) is 11.8 Å². The Hall–Kier alpha value is -1.02. The van der Waals surface area contributed by atoms with Crippen LogP contribution in [0.2, 0.25) is 0 Å². The highest BCUT2D eigenvalue weighted by molar-refractivity contribution is 8.02. The van der Waals surface area contributed by atoms with E-state index in [1.807, 2.05) is 6.07 Å². The molecule has 6 nitrogen and oxygen atoms in total. The third-order valence-electron chi connectivity index (χ3n) is 3.29. The first-order chi connectivity index (χ1) is 9.66. The summed E-state index contributed by atoms with van der Waals surface area (Å²) >= 11 is 1.40. The molecule has 0 aromatic carbocycles. The molecule has 118 valence electrons. The number of nitrogens with one attached hydrogen (secondary N) is 2. The zero-order valence-electron chi connectivity index (χ0n) is 12.5. The van der Waals surface area contributed by atoms with Crippen molar-refractivity contribution < 1.29 is 13.2 Å². The summed E-state index contributed by atoms with van der Waals surface area (Å²) in [5, 5.41) is 9.73. The fourth-order valence-electron chi connectivity index (χ4n) is 2.03. The highest BCUT2D eigenvalue weighted by Crippen LogP contribution is 2.25. The molecule has 1 atom stereocenters. The number of hydrogen-bond donors (Lipinski definition) is 2. The van der Waals surface area contributed by atoms with Gasteiger partial charge in [0.2, 0.25) is 5.91 Å². The molecule has 1 aromatic rings. The van der Waals surface area contributed by atoms with Gasteiger partial charge in [0.25, 0.3) is 0 Å². The van der Waals surface area contributed by atoms with Crippen LogP contribution in [0.25, 0.3) is 0 Å². The molecule has 1 saturated heterocycles. The number of amides is 1. The SMILES string of the molecule is CC(C)(C)c1cc(NC(=O)CSC2CCS(=O)(=O)C2)n[nH]1. The molecule has 1 fully saturated rings. The third kappa shape index (κ3) is 4.74. The van der Waals surface area contributed by atoms with Gasteiger partial charge in [-0.1, -0.05) is 20.8 Å². The molecule has 0 spiro atoms. The molecule has 2 N–H and O–H groups in total. The van der Waals surface area contributed by atoms with Crippen molar-refractivity contribution in [2.75, 3.05) is 22.6 Å². The fourth-order valence-corrected chi connectivity index (χ4v) is 5.48. The number of sulfone groups is 1. The highest BCUT2D eigenvalue weighted by atomic mass is 32.2. The second kappa shape index (κ2) is 6.00. The third-order valence-corrected chi connectivity index (χ3v) is 6.58. The average molecular weight is 331 g/mol. The summed E-state index contributed by atoms with van der Waals surface area (Å²) in [7, 11) is -2.89. The van der Waals surface area contributed by atoms with Gasteiger partial charge in [0, 0.05) is 22.4 Å². The lowest BCUT2D eigenvalue weighted by atomic mass is 9.92. The molecule has 8 heteroatoms. The van der Waals surface area contributed by atoms with Gasteiger partial charge in [-0.25, -0.2) is 8.42 Å². The number of nitrogens with zero attached hydrogens (tertiary/aromatic N) is 1. The monoisotopic (exact) mass is 331 g/mol. The topological polar surface area (TPSA) is 91.9 Å². The standard InChI is InChI=1S/C13H21N3O3S2/c1-13(2,3)10-6-11(16-15-10)14-12(17)7-20-9-4-5-21(18,19)8-9/h6,9H,4-5,7-8H2,1-3H3,(H2,14,15,16,17). The van der Waals surface area contributed by atoms with Crippen LogP contribution in [0, 0.1) is 0 Å². The molecular formula is C13H21N3O3S2. The lowest BCUT2D eigenvalue weighted by Crippen LogP contribution is -2.17. The summed E-state index contributed by atoms with van der Waals surface area (Å²) in [6.45, 7) is 6.17. The Morgan fingerprint density at radius 2 is 2.24 bits per heavy atom. The molecule has 0 bridgehead atoms. The van der Waals surface area contributed by atoms with Gasteiger partial charge in [-0.2, -0.15) is 5.10 Å². The maximum Gasteiger partial charge on any atom is 0.235 e. The number of thioether (sulfide) groups is 1. The molecule has 0 aliphatic carbocycles. The van der Waals surface area contributed by atoms with Gasteiger partial charge >= 0.3 is 0 Å². The second-order valence-corrected chi connectivity index (χ2v) is 9.82. The van der Waals surface area contributed by atoms with E-state index in [-0.39, 0.29) is 33.8 Å². The highest BCUT2D eigenvalue weighted by Gasteiger charge is 2.28. The minimum Gasteiger partial charge on any atom is -0.308 e. The van der Waals surface area contributed by atoms with Gasteiger partial charge in [0.05, 0.1) is 17.3 Å². The Balaban J connectivity index is 1.81. The van der Waals surface area contributed by atoms with Crippen molar-refractivity contribution in [2.45, 2.75) is 37.9 Å². The summed E-state index contributed by atoms with van der Waals surface area (Å²) in [5.41, 5.74) is 0.899. The average Bonchev–Trinajstić information content (AvgIpc) is 2.92. The van der Waals surface area contributed by atoms with Crippen molar-refractivity contribution >= 4 is 33.3 Å². The van der Waals surface area contributed by atoms with Crippen LogP contribution in [0.3, 0.4) is 0 Å². The van der Waals surface area contributed by atoms with Crippen LogP contribution in [0.1, 0.15) is 32.9 Å². The quantitative estimate of drug-likeness (QED) is 0.873. The number of H-pyrrole nitrogens is 1. The maximum absolute atomic E-state index is 11.9. The summed E-state index contributed by atoms with van der Waals surface area (Å²) in [5.74, 6) is 1.01. The van der Waals surface area contributed by atoms with Crippen LogP contribution in [0.4, 0.5) is 5.82 Å². The predicted molar refractivity (Wildman–Crippen MR) is 85.4 cm³/mol. The zero-order valence-corrected chi connectivity index (χ0v) is 14.1. The second-order valence-electron chi connectivity index (χ2n) is 6.30. The van der Waals surface area contributed by atoms with Crippen LogP contribution in [-0.4, -0.2) is 47.0 Å². The smallest absolute Gasteiger partial charge is 0.235 e. The molecule has 1 aromatic heterocycles. The fraction of sp³-hybridized carbons (Fsp3) is 0.692. The van der Waals surface area contributed by atoms with Crippen molar-refractivity contribution in [1.29, 1.82) is 0 Å². The first-order valence-electron chi connectivity index (χ1n) is 6.83. The van der Waals surface area contributed by atoms with Crippen molar-refractivity contribution in [2.24, 2.45) is 0 Å². The van der Waals surface area contributed by atoms with Crippen molar-refractivity contribution in [3.05, 3.63) is 11.8 Å².